The first-order chi connectivity index (χ1) is 12.6. The van der Waals surface area contributed by atoms with E-state index in [1.165, 1.54) is 12.4 Å². The summed E-state index contributed by atoms with van der Waals surface area (Å²) in [4.78, 5) is 28.0. The van der Waals surface area contributed by atoms with Crippen LogP contribution in [0.2, 0.25) is 0 Å². The van der Waals surface area contributed by atoms with Crippen LogP contribution in [0.15, 0.2) is 67.0 Å². The number of hydrogen-bond acceptors (Lipinski definition) is 4. The predicted molar refractivity (Wildman–Crippen MR) is 103 cm³/mol. The van der Waals surface area contributed by atoms with Gasteiger partial charge < -0.3 is 5.32 Å². The number of pyridine rings is 1. The molecule has 0 spiro atoms. The van der Waals surface area contributed by atoms with Crippen molar-refractivity contribution in [2.24, 2.45) is 0 Å². The van der Waals surface area contributed by atoms with E-state index in [0.29, 0.717) is 5.56 Å². The monoisotopic (exact) mass is 364 g/mol. The Hall–Kier alpha value is -3.32. The summed E-state index contributed by atoms with van der Waals surface area (Å²) in [6.07, 6.45) is 3.21. The van der Waals surface area contributed by atoms with Crippen LogP contribution in [0.4, 0.5) is 0 Å². The third-order valence-electron chi connectivity index (χ3n) is 3.72. The van der Waals surface area contributed by atoms with Crippen LogP contribution in [0.25, 0.3) is 10.8 Å². The van der Waals surface area contributed by atoms with E-state index < -0.39 is 0 Å². The van der Waals surface area contributed by atoms with Gasteiger partial charge in [0, 0.05) is 18.0 Å². The van der Waals surface area contributed by atoms with Gasteiger partial charge in [-0.2, -0.15) is 0 Å². The Labute approximate surface area is 155 Å². The van der Waals surface area contributed by atoms with Crippen LogP contribution in [-0.4, -0.2) is 21.9 Å². The average molecular weight is 364 g/mol. The largest absolute Gasteiger partial charge is 0.302 e. The van der Waals surface area contributed by atoms with E-state index in [1.54, 1.807) is 12.1 Å². The second-order valence-electron chi connectivity index (χ2n) is 5.51. The highest BCUT2D eigenvalue weighted by Crippen LogP contribution is 2.18. The number of nitrogens with zero attached hydrogens (tertiary/aromatic N) is 1. The zero-order valence-corrected chi connectivity index (χ0v) is 14.5. The van der Waals surface area contributed by atoms with E-state index in [1.807, 2.05) is 42.5 Å². The third-order valence-corrected chi connectivity index (χ3v) is 3.92. The second kappa shape index (κ2) is 8.17. The molecular weight excluding hydrogens is 348 g/mol. The first kappa shape index (κ1) is 17.5. The van der Waals surface area contributed by atoms with Crippen molar-refractivity contribution in [1.29, 1.82) is 0 Å². The number of rotatable bonds is 3. The van der Waals surface area contributed by atoms with Crippen molar-refractivity contribution >= 4 is 39.9 Å². The molecule has 0 unspecified atom stereocenters. The Bertz CT molecular complexity index is 955. The van der Waals surface area contributed by atoms with Crippen LogP contribution in [0, 0.1) is 0 Å². The van der Waals surface area contributed by atoms with Gasteiger partial charge in [0.05, 0.1) is 6.42 Å². The number of aromatic nitrogens is 1. The molecule has 0 fully saturated rings. The van der Waals surface area contributed by atoms with Crippen LogP contribution >= 0.6 is 12.2 Å². The van der Waals surface area contributed by atoms with Crippen molar-refractivity contribution in [3.8, 4) is 0 Å². The molecule has 0 aliphatic heterocycles. The highest BCUT2D eigenvalue weighted by atomic mass is 32.1. The van der Waals surface area contributed by atoms with Gasteiger partial charge in [-0.1, -0.05) is 42.5 Å². The molecule has 26 heavy (non-hydrogen) atoms. The maximum absolute atomic E-state index is 12.2. The molecule has 130 valence electrons. The number of hydrogen-bond donors (Lipinski definition) is 3. The smallest absolute Gasteiger partial charge is 0.269 e. The molecule has 0 bridgehead atoms. The van der Waals surface area contributed by atoms with E-state index in [4.69, 9.17) is 12.2 Å². The van der Waals surface area contributed by atoms with E-state index in [9.17, 15) is 9.59 Å². The molecule has 0 aliphatic carbocycles. The summed E-state index contributed by atoms with van der Waals surface area (Å²) in [5, 5.41) is 4.68. The van der Waals surface area contributed by atoms with Gasteiger partial charge in [0.25, 0.3) is 5.91 Å². The Morgan fingerprint density at radius 3 is 2.46 bits per heavy atom. The molecule has 0 saturated carbocycles. The summed E-state index contributed by atoms with van der Waals surface area (Å²) in [5.41, 5.74) is 6.27. The maximum atomic E-state index is 12.2. The molecule has 0 saturated heterocycles. The number of thiocarbonyl (C=S) groups is 1. The van der Waals surface area contributed by atoms with Gasteiger partial charge in [0.1, 0.15) is 0 Å². The van der Waals surface area contributed by atoms with Gasteiger partial charge in [-0.25, -0.2) is 0 Å². The highest BCUT2D eigenvalue weighted by molar-refractivity contribution is 7.80. The topological polar surface area (TPSA) is 83.1 Å². The van der Waals surface area contributed by atoms with Crippen molar-refractivity contribution < 1.29 is 9.59 Å². The van der Waals surface area contributed by atoms with Gasteiger partial charge in [-0.3, -0.25) is 25.4 Å². The molecule has 7 heteroatoms. The summed E-state index contributed by atoms with van der Waals surface area (Å²) in [6, 6.07) is 16.8. The van der Waals surface area contributed by atoms with E-state index >= 15 is 0 Å². The quantitative estimate of drug-likeness (QED) is 0.490. The highest BCUT2D eigenvalue weighted by Gasteiger charge is 2.10. The first-order valence-electron chi connectivity index (χ1n) is 7.90. The predicted octanol–water partition coefficient (Wildman–Crippen LogP) is 2.11. The fraction of sp³-hybridized carbons (Fsp3) is 0.0526. The SMILES string of the molecule is O=C(Cc1cccc2ccccc12)NC(=S)NNC(=O)c1ccncc1. The summed E-state index contributed by atoms with van der Waals surface area (Å²) in [6.45, 7) is 0. The minimum absolute atomic E-state index is 0.0256. The minimum Gasteiger partial charge on any atom is -0.302 e. The fourth-order valence-corrected chi connectivity index (χ4v) is 2.68. The number of hydrazine groups is 1. The van der Waals surface area contributed by atoms with Crippen LogP contribution in [0.5, 0.6) is 0 Å². The third kappa shape index (κ3) is 4.40. The number of amides is 2. The van der Waals surface area contributed by atoms with Crippen molar-refractivity contribution in [1.82, 2.24) is 21.2 Å². The zero-order chi connectivity index (χ0) is 18.4. The Kier molecular flexibility index (Phi) is 5.50. The van der Waals surface area contributed by atoms with Crippen molar-refractivity contribution in [2.45, 2.75) is 6.42 Å². The summed E-state index contributed by atoms with van der Waals surface area (Å²) < 4.78 is 0. The normalized spacial score (nSPS) is 10.2. The molecular formula is C19H16N4O2S. The minimum atomic E-state index is -0.377. The molecule has 0 radical (unpaired) electrons. The fourth-order valence-electron chi connectivity index (χ4n) is 2.51. The van der Waals surface area contributed by atoms with Crippen LogP contribution in [-0.2, 0) is 11.2 Å². The van der Waals surface area contributed by atoms with Crippen molar-refractivity contribution in [3.05, 3.63) is 78.1 Å². The van der Waals surface area contributed by atoms with Gasteiger partial charge in [0.2, 0.25) is 5.91 Å². The summed E-state index contributed by atoms with van der Waals surface area (Å²) >= 11 is 5.04. The van der Waals surface area contributed by atoms with Gasteiger partial charge in [-0.05, 0) is 40.7 Å². The molecule has 0 aliphatic rings. The van der Waals surface area contributed by atoms with Gasteiger partial charge >= 0.3 is 0 Å². The van der Waals surface area contributed by atoms with E-state index in [2.05, 4.69) is 21.2 Å². The maximum Gasteiger partial charge on any atom is 0.269 e. The Balaban J connectivity index is 1.54. The van der Waals surface area contributed by atoms with E-state index in [-0.39, 0.29) is 23.3 Å². The van der Waals surface area contributed by atoms with Crippen molar-refractivity contribution in [3.63, 3.8) is 0 Å². The molecule has 2 amide bonds. The lowest BCUT2D eigenvalue weighted by atomic mass is 10.0. The van der Waals surface area contributed by atoms with Gasteiger partial charge in [0.15, 0.2) is 5.11 Å². The molecule has 2 aromatic carbocycles. The molecule has 1 aromatic heterocycles. The summed E-state index contributed by atoms with van der Waals surface area (Å²) in [5.74, 6) is -0.643. The van der Waals surface area contributed by atoms with Crippen LogP contribution in [0.3, 0.4) is 0 Å². The van der Waals surface area contributed by atoms with Crippen LogP contribution < -0.4 is 16.2 Å². The summed E-state index contributed by atoms with van der Waals surface area (Å²) in [7, 11) is 0. The van der Waals surface area contributed by atoms with Crippen LogP contribution in [0.1, 0.15) is 15.9 Å². The van der Waals surface area contributed by atoms with E-state index in [0.717, 1.165) is 16.3 Å². The lowest BCUT2D eigenvalue weighted by molar-refractivity contribution is -0.119. The molecule has 3 aromatic rings. The Morgan fingerprint density at radius 2 is 1.65 bits per heavy atom. The number of nitrogens with one attached hydrogen (secondary N) is 3. The van der Waals surface area contributed by atoms with Gasteiger partial charge in [-0.15, -0.1) is 0 Å². The molecule has 6 nitrogen and oxygen atoms in total. The molecule has 3 rings (SSSR count). The van der Waals surface area contributed by atoms with Crippen molar-refractivity contribution in [2.75, 3.05) is 0 Å². The Morgan fingerprint density at radius 1 is 0.923 bits per heavy atom. The number of benzene rings is 2. The number of carbonyl (C=O) groups excluding carboxylic acids is 2. The lowest BCUT2D eigenvalue weighted by Crippen LogP contribution is -2.48. The zero-order valence-electron chi connectivity index (χ0n) is 13.7. The lowest BCUT2D eigenvalue weighted by Gasteiger charge is -2.11. The standard InChI is InChI=1S/C19H16N4O2S/c24-17(12-15-6-3-5-13-4-1-2-7-16(13)15)21-19(26)23-22-18(25)14-8-10-20-11-9-14/h1-11H,12H2,(H,22,25)(H2,21,23,24,26). The number of fused-ring (bicyclic) bond motifs is 1. The molecule has 3 N–H and O–H groups in total. The molecule has 0 atom stereocenters. The second-order valence-corrected chi connectivity index (χ2v) is 5.92. The first-order valence-corrected chi connectivity index (χ1v) is 8.31. The molecule has 1 heterocycles. The number of carbonyl (C=O) groups is 2. The average Bonchev–Trinajstić information content (AvgIpc) is 2.67.